The van der Waals surface area contributed by atoms with Crippen LogP contribution in [-0.4, -0.2) is 30.1 Å². The molecule has 1 aromatic rings. The summed E-state index contributed by atoms with van der Waals surface area (Å²) in [6, 6.07) is 14.0. The van der Waals surface area contributed by atoms with Crippen LogP contribution >= 0.6 is 35.0 Å². The smallest absolute Gasteiger partial charge is 0.0780 e. The van der Waals surface area contributed by atoms with Crippen LogP contribution < -0.4 is 5.32 Å². The highest BCUT2D eigenvalue weighted by atomic mass is 35.5. The second-order valence-electron chi connectivity index (χ2n) is 5.45. The van der Waals surface area contributed by atoms with Gasteiger partial charge >= 0.3 is 0 Å². The zero-order valence-corrected chi connectivity index (χ0v) is 15.6. The molecule has 2 nitrogen and oxygen atoms in total. The quantitative estimate of drug-likeness (QED) is 0.671. The number of benzene rings is 2. The fraction of sp³-hybridized carbons (Fsp3) is 0.333. The van der Waals surface area contributed by atoms with E-state index in [0.29, 0.717) is 16.6 Å². The monoisotopic (exact) mass is 369 g/mol. The third-order valence-electron chi connectivity index (χ3n) is 3.69. The lowest BCUT2D eigenvalue weighted by molar-refractivity contribution is 0.175. The maximum atomic E-state index is 9.77. The normalized spacial score (nSPS) is 13.8. The van der Waals surface area contributed by atoms with Crippen LogP contribution in [0.3, 0.4) is 0 Å². The summed E-state index contributed by atoms with van der Waals surface area (Å²) < 4.78 is 0. The van der Waals surface area contributed by atoms with Gasteiger partial charge in [-0.15, -0.1) is 0 Å². The summed E-state index contributed by atoms with van der Waals surface area (Å²) in [4.78, 5) is 0. The van der Waals surface area contributed by atoms with Crippen molar-refractivity contribution >= 4 is 35.0 Å². The molecule has 0 amide bonds. The molecule has 0 aromatic heterocycles. The number of nitrogens with one attached hydrogen (secondary N) is 1. The lowest BCUT2D eigenvalue weighted by Crippen LogP contribution is -2.31. The average molecular weight is 370 g/mol. The molecule has 2 N–H and O–H groups in total. The molecule has 23 heavy (non-hydrogen) atoms. The van der Waals surface area contributed by atoms with Crippen molar-refractivity contribution in [3.63, 3.8) is 0 Å². The van der Waals surface area contributed by atoms with E-state index in [0.717, 1.165) is 11.3 Å². The van der Waals surface area contributed by atoms with Gasteiger partial charge in [0.15, 0.2) is 0 Å². The molecule has 0 fully saturated rings. The molecule has 0 saturated carbocycles. The number of hydrogen-bond donors (Lipinski definition) is 2. The maximum Gasteiger partial charge on any atom is 0.0780 e. The van der Waals surface area contributed by atoms with Crippen LogP contribution in [0.5, 0.6) is 0 Å². The Hall–Kier alpha value is -0.710. The van der Waals surface area contributed by atoms with Crippen LogP contribution in [0, 0.1) is 10.4 Å². The average Bonchev–Trinajstić information content (AvgIpc) is 2.50. The molecule has 0 heterocycles. The van der Waals surface area contributed by atoms with E-state index >= 15 is 0 Å². The van der Waals surface area contributed by atoms with Gasteiger partial charge in [-0.1, -0.05) is 60.5 Å². The van der Waals surface area contributed by atoms with Crippen LogP contribution in [0.1, 0.15) is 12.5 Å². The van der Waals surface area contributed by atoms with Gasteiger partial charge in [-0.2, -0.15) is 11.8 Å². The fourth-order valence-corrected chi connectivity index (χ4v) is 3.58. The molecular weight excluding hydrogens is 349 g/mol. The summed E-state index contributed by atoms with van der Waals surface area (Å²) in [7, 11) is 1.83. The van der Waals surface area contributed by atoms with E-state index in [9.17, 15) is 5.11 Å². The highest BCUT2D eigenvalue weighted by Crippen LogP contribution is 2.27. The van der Waals surface area contributed by atoms with Crippen molar-refractivity contribution in [1.82, 2.24) is 5.32 Å². The van der Waals surface area contributed by atoms with Crippen molar-refractivity contribution in [2.45, 2.75) is 24.0 Å². The third-order valence-corrected chi connectivity index (χ3v) is 5.59. The molecule has 0 saturated heterocycles. The molecule has 124 valence electrons. The zero-order valence-electron chi connectivity index (χ0n) is 13.2. The lowest BCUT2D eigenvalue weighted by atomic mass is 10.1. The fourth-order valence-electron chi connectivity index (χ4n) is 2.01. The summed E-state index contributed by atoms with van der Waals surface area (Å²) >= 11 is 13.6. The Labute approximate surface area is 151 Å². The summed E-state index contributed by atoms with van der Waals surface area (Å²) in [6.45, 7) is 2.61. The second kappa shape index (κ2) is 8.95. The zero-order chi connectivity index (χ0) is 16.8. The van der Waals surface area contributed by atoms with Crippen molar-refractivity contribution in [3.8, 4) is 0 Å². The Morgan fingerprint density at radius 3 is 2.13 bits per heavy atom. The van der Waals surface area contributed by atoms with Gasteiger partial charge in [0.25, 0.3) is 0 Å². The van der Waals surface area contributed by atoms with Gasteiger partial charge in [0.1, 0.15) is 0 Å². The van der Waals surface area contributed by atoms with Crippen LogP contribution in [0.25, 0.3) is 0 Å². The van der Waals surface area contributed by atoms with Crippen molar-refractivity contribution in [1.29, 1.82) is 0 Å². The largest absolute Gasteiger partial charge is 0.391 e. The first-order chi connectivity index (χ1) is 11.0. The van der Waals surface area contributed by atoms with E-state index in [1.54, 1.807) is 17.8 Å². The first-order valence-corrected chi connectivity index (χ1v) is 9.30. The van der Waals surface area contributed by atoms with E-state index in [-0.39, 0.29) is 11.4 Å². The van der Waals surface area contributed by atoms with E-state index < -0.39 is 0 Å². The van der Waals surface area contributed by atoms with Crippen molar-refractivity contribution in [3.05, 3.63) is 68.5 Å². The number of hydrogen-bond acceptors (Lipinski definition) is 3. The molecular formula is C18H21Cl2NOS. The Morgan fingerprint density at radius 2 is 1.70 bits per heavy atom. The standard InChI is InChI=1S/C12H17Cl2NOS.C6H4/c1-8(12(16)6-15-2)17-7-9-3-4-10(13)5-11(9)14;1-2-6-4-3-5(1)6/h3-5,8,12,15-16H,6-7H2,1-2H3;1-4H. The molecule has 2 atom stereocenters. The molecule has 2 unspecified atom stereocenters. The van der Waals surface area contributed by atoms with E-state index in [2.05, 4.69) is 29.6 Å². The first kappa shape index (κ1) is 18.6. The Morgan fingerprint density at radius 1 is 1.09 bits per heavy atom. The number of thioether (sulfide) groups is 1. The minimum atomic E-state index is -0.351. The lowest BCUT2D eigenvalue weighted by Gasteiger charge is -2.18. The van der Waals surface area contributed by atoms with Crippen molar-refractivity contribution < 1.29 is 5.11 Å². The Balaban J connectivity index is 0.000000260. The van der Waals surface area contributed by atoms with Crippen molar-refractivity contribution in [2.24, 2.45) is 0 Å². The molecule has 2 aliphatic carbocycles. The Bertz CT molecular complexity index is 688. The number of rotatable bonds is 6. The molecule has 3 rings (SSSR count). The molecule has 1 aromatic carbocycles. The van der Waals surface area contributed by atoms with Gasteiger partial charge in [0.05, 0.1) is 6.10 Å². The van der Waals surface area contributed by atoms with Crippen LogP contribution in [0.15, 0.2) is 42.5 Å². The number of aliphatic hydroxyl groups is 1. The minimum absolute atomic E-state index is 0.161. The van der Waals surface area contributed by atoms with Crippen LogP contribution in [-0.2, 0) is 5.75 Å². The molecule has 0 radical (unpaired) electrons. The van der Waals surface area contributed by atoms with Gasteiger partial charge in [-0.25, -0.2) is 0 Å². The third kappa shape index (κ3) is 5.40. The molecule has 0 spiro atoms. The summed E-state index contributed by atoms with van der Waals surface area (Å²) in [5.41, 5.74) is 1.05. The highest BCUT2D eigenvalue weighted by molar-refractivity contribution is 7.99. The van der Waals surface area contributed by atoms with Gasteiger partial charge in [-0.05, 0) is 35.2 Å². The highest BCUT2D eigenvalue weighted by Gasteiger charge is 2.14. The van der Waals surface area contributed by atoms with E-state index in [1.807, 2.05) is 26.1 Å². The minimum Gasteiger partial charge on any atom is -0.391 e. The molecule has 5 heteroatoms. The summed E-state index contributed by atoms with van der Waals surface area (Å²) in [5, 5.41) is 17.1. The topological polar surface area (TPSA) is 32.3 Å². The van der Waals surface area contributed by atoms with Crippen LogP contribution in [0.4, 0.5) is 0 Å². The predicted octanol–water partition coefficient (Wildman–Crippen LogP) is 4.48. The van der Waals surface area contributed by atoms with Crippen molar-refractivity contribution in [2.75, 3.05) is 13.6 Å². The van der Waals surface area contributed by atoms with Gasteiger partial charge in [0.2, 0.25) is 0 Å². The number of likely N-dealkylation sites (N-methyl/N-ethyl adjacent to an activating group) is 1. The second-order valence-corrected chi connectivity index (χ2v) is 7.66. The number of aliphatic hydroxyl groups excluding tert-OH is 1. The summed E-state index contributed by atoms with van der Waals surface area (Å²) in [5.74, 6) is 0.776. The van der Waals surface area contributed by atoms with Gasteiger partial charge < -0.3 is 10.4 Å². The first-order valence-electron chi connectivity index (χ1n) is 7.50. The SMILES string of the molecule is CNCC(O)C(C)SCc1ccc(Cl)cc1Cl.c1cc2ccc1=2. The Kier molecular flexibility index (Phi) is 7.25. The van der Waals surface area contributed by atoms with E-state index in [4.69, 9.17) is 23.2 Å². The molecule has 0 aliphatic heterocycles. The summed E-state index contributed by atoms with van der Waals surface area (Å²) in [6.07, 6.45) is -0.351. The number of halogens is 2. The van der Waals surface area contributed by atoms with E-state index in [1.165, 1.54) is 10.4 Å². The van der Waals surface area contributed by atoms with Gasteiger partial charge in [-0.3, -0.25) is 0 Å². The van der Waals surface area contributed by atoms with Gasteiger partial charge in [0, 0.05) is 27.6 Å². The molecule has 0 bridgehead atoms. The van der Waals surface area contributed by atoms with Crippen LogP contribution in [0.2, 0.25) is 10.0 Å². The maximum absolute atomic E-state index is 9.77. The molecule has 2 aliphatic rings. The predicted molar refractivity (Wildman–Crippen MR) is 101 cm³/mol.